The first-order valence-electron chi connectivity index (χ1n) is 8.07. The molecule has 0 fully saturated rings. The predicted molar refractivity (Wildman–Crippen MR) is 97.5 cm³/mol. The van der Waals surface area contributed by atoms with Crippen LogP contribution < -0.4 is 0 Å². The third kappa shape index (κ3) is 3.95. The number of pyridine rings is 1. The summed E-state index contributed by atoms with van der Waals surface area (Å²) in [4.78, 5) is 17.9. The van der Waals surface area contributed by atoms with Gasteiger partial charge < -0.3 is 4.74 Å². The maximum absolute atomic E-state index is 12.3. The standard InChI is InChI=1S/C20H19NO2S/c1-2-3-13-23-20(22)18-14-15-9-7-8-12-17(15)19(21-18)24-16-10-5-4-6-11-16/h4-12,14H,2-3,13H2,1H3. The van der Waals surface area contributed by atoms with Gasteiger partial charge in [-0.1, -0.05) is 67.6 Å². The number of carbonyl (C=O) groups is 1. The van der Waals surface area contributed by atoms with Gasteiger partial charge >= 0.3 is 5.97 Å². The first-order chi connectivity index (χ1) is 11.8. The van der Waals surface area contributed by atoms with E-state index in [9.17, 15) is 4.79 Å². The van der Waals surface area contributed by atoms with Gasteiger partial charge in [-0.25, -0.2) is 9.78 Å². The van der Waals surface area contributed by atoms with Gasteiger partial charge in [-0.05, 0) is 30.0 Å². The molecule has 24 heavy (non-hydrogen) atoms. The summed E-state index contributed by atoms with van der Waals surface area (Å²) in [6, 6.07) is 19.8. The van der Waals surface area contributed by atoms with Crippen molar-refractivity contribution in [2.45, 2.75) is 29.7 Å². The van der Waals surface area contributed by atoms with Gasteiger partial charge in [0.15, 0.2) is 0 Å². The van der Waals surface area contributed by atoms with E-state index in [4.69, 9.17) is 4.74 Å². The number of nitrogens with zero attached hydrogens (tertiary/aromatic N) is 1. The highest BCUT2D eigenvalue weighted by atomic mass is 32.2. The number of aromatic nitrogens is 1. The predicted octanol–water partition coefficient (Wildman–Crippen LogP) is 5.34. The molecule has 0 amide bonds. The van der Waals surface area contributed by atoms with Gasteiger partial charge in [0.05, 0.1) is 6.61 Å². The molecule has 0 radical (unpaired) electrons. The first-order valence-corrected chi connectivity index (χ1v) is 8.89. The lowest BCUT2D eigenvalue weighted by molar-refractivity contribution is 0.0492. The molecule has 2 aromatic carbocycles. The van der Waals surface area contributed by atoms with E-state index in [0.717, 1.165) is 33.5 Å². The zero-order valence-corrected chi connectivity index (χ0v) is 14.4. The molecule has 0 N–H and O–H groups in total. The number of benzene rings is 2. The van der Waals surface area contributed by atoms with Crippen LogP contribution in [0.1, 0.15) is 30.3 Å². The SMILES string of the molecule is CCCCOC(=O)c1cc2ccccc2c(Sc2ccccc2)n1. The smallest absolute Gasteiger partial charge is 0.356 e. The van der Waals surface area contributed by atoms with Crippen molar-refractivity contribution in [1.82, 2.24) is 4.98 Å². The molecule has 3 rings (SSSR count). The van der Waals surface area contributed by atoms with Crippen molar-refractivity contribution in [2.75, 3.05) is 6.61 Å². The molecule has 0 unspecified atom stereocenters. The Labute approximate surface area is 146 Å². The Hall–Kier alpha value is -2.33. The number of rotatable bonds is 6. The number of hydrogen-bond donors (Lipinski definition) is 0. The highest BCUT2D eigenvalue weighted by molar-refractivity contribution is 7.99. The molecule has 0 aliphatic rings. The molecule has 0 saturated heterocycles. The quantitative estimate of drug-likeness (QED) is 0.449. The maximum Gasteiger partial charge on any atom is 0.356 e. The molecule has 0 saturated carbocycles. The van der Waals surface area contributed by atoms with Crippen LogP contribution in [0.25, 0.3) is 10.8 Å². The van der Waals surface area contributed by atoms with Crippen LogP contribution in [0.4, 0.5) is 0 Å². The van der Waals surface area contributed by atoms with Crippen LogP contribution in [-0.4, -0.2) is 17.6 Å². The van der Waals surface area contributed by atoms with Gasteiger partial charge in [-0.3, -0.25) is 0 Å². The van der Waals surface area contributed by atoms with E-state index in [0.29, 0.717) is 12.3 Å². The number of fused-ring (bicyclic) bond motifs is 1. The van der Waals surface area contributed by atoms with Crippen LogP contribution in [-0.2, 0) is 4.74 Å². The van der Waals surface area contributed by atoms with Crippen LogP contribution >= 0.6 is 11.8 Å². The van der Waals surface area contributed by atoms with Crippen molar-refractivity contribution >= 4 is 28.5 Å². The fraction of sp³-hybridized carbons (Fsp3) is 0.200. The normalized spacial score (nSPS) is 10.7. The van der Waals surface area contributed by atoms with Gasteiger partial charge in [0.1, 0.15) is 10.7 Å². The van der Waals surface area contributed by atoms with E-state index in [1.807, 2.05) is 54.6 Å². The van der Waals surface area contributed by atoms with E-state index < -0.39 is 0 Å². The minimum Gasteiger partial charge on any atom is -0.461 e. The number of esters is 1. The molecule has 122 valence electrons. The van der Waals surface area contributed by atoms with Crippen LogP contribution in [0.5, 0.6) is 0 Å². The van der Waals surface area contributed by atoms with Crippen molar-refractivity contribution in [3.8, 4) is 0 Å². The summed E-state index contributed by atoms with van der Waals surface area (Å²) < 4.78 is 5.31. The van der Waals surface area contributed by atoms with Crippen LogP contribution in [0.3, 0.4) is 0 Å². The van der Waals surface area contributed by atoms with Crippen molar-refractivity contribution in [1.29, 1.82) is 0 Å². The summed E-state index contributed by atoms with van der Waals surface area (Å²) in [5, 5.41) is 2.85. The second kappa shape index (κ2) is 7.97. The summed E-state index contributed by atoms with van der Waals surface area (Å²) in [5.41, 5.74) is 0.364. The fourth-order valence-electron chi connectivity index (χ4n) is 2.33. The van der Waals surface area contributed by atoms with Crippen molar-refractivity contribution < 1.29 is 9.53 Å². The molecule has 3 aromatic rings. The number of carbonyl (C=O) groups excluding carboxylic acids is 1. The lowest BCUT2D eigenvalue weighted by Gasteiger charge is -2.09. The lowest BCUT2D eigenvalue weighted by Crippen LogP contribution is -2.09. The first kappa shape index (κ1) is 16.5. The summed E-state index contributed by atoms with van der Waals surface area (Å²) in [7, 11) is 0. The zero-order chi connectivity index (χ0) is 16.8. The monoisotopic (exact) mass is 337 g/mol. The second-order valence-corrected chi connectivity index (χ2v) is 6.50. The van der Waals surface area contributed by atoms with Crippen molar-refractivity contribution in [2.24, 2.45) is 0 Å². The number of ether oxygens (including phenoxy) is 1. The Bertz CT molecular complexity index is 833. The topological polar surface area (TPSA) is 39.2 Å². The largest absolute Gasteiger partial charge is 0.461 e. The summed E-state index contributed by atoms with van der Waals surface area (Å²) >= 11 is 1.56. The van der Waals surface area contributed by atoms with Crippen molar-refractivity contribution in [3.63, 3.8) is 0 Å². The average molecular weight is 337 g/mol. The summed E-state index contributed by atoms with van der Waals surface area (Å²) in [5.74, 6) is -0.357. The summed E-state index contributed by atoms with van der Waals surface area (Å²) in [6.07, 6.45) is 1.86. The molecule has 1 aromatic heterocycles. The Kier molecular flexibility index (Phi) is 5.49. The summed E-state index contributed by atoms with van der Waals surface area (Å²) in [6.45, 7) is 2.50. The molecule has 1 heterocycles. The van der Waals surface area contributed by atoms with Gasteiger partial charge in [-0.2, -0.15) is 0 Å². The highest BCUT2D eigenvalue weighted by Crippen LogP contribution is 2.32. The van der Waals surface area contributed by atoms with E-state index >= 15 is 0 Å². The molecule has 0 aliphatic carbocycles. The molecule has 0 aliphatic heterocycles. The Morgan fingerprint density at radius 2 is 1.83 bits per heavy atom. The minimum absolute atomic E-state index is 0.357. The number of hydrogen-bond acceptors (Lipinski definition) is 4. The molecule has 4 heteroatoms. The second-order valence-electron chi connectivity index (χ2n) is 5.44. The Balaban J connectivity index is 1.95. The van der Waals surface area contributed by atoms with E-state index in [2.05, 4.69) is 11.9 Å². The van der Waals surface area contributed by atoms with Gasteiger partial charge in [-0.15, -0.1) is 0 Å². The Morgan fingerprint density at radius 3 is 2.62 bits per heavy atom. The lowest BCUT2D eigenvalue weighted by atomic mass is 10.1. The molecule has 0 atom stereocenters. The third-order valence-electron chi connectivity index (χ3n) is 3.60. The molecular formula is C20H19NO2S. The molecule has 3 nitrogen and oxygen atoms in total. The van der Waals surface area contributed by atoms with E-state index in [1.54, 1.807) is 17.8 Å². The van der Waals surface area contributed by atoms with Gasteiger partial charge in [0, 0.05) is 10.3 Å². The molecule has 0 bridgehead atoms. The van der Waals surface area contributed by atoms with E-state index in [1.165, 1.54) is 0 Å². The van der Waals surface area contributed by atoms with Crippen LogP contribution in [0, 0.1) is 0 Å². The molecule has 0 spiro atoms. The minimum atomic E-state index is -0.357. The number of unbranched alkanes of at least 4 members (excludes halogenated alkanes) is 1. The van der Waals surface area contributed by atoms with Gasteiger partial charge in [0.25, 0.3) is 0 Å². The van der Waals surface area contributed by atoms with Crippen LogP contribution in [0.2, 0.25) is 0 Å². The zero-order valence-electron chi connectivity index (χ0n) is 13.6. The third-order valence-corrected chi connectivity index (χ3v) is 4.62. The fourth-order valence-corrected chi connectivity index (χ4v) is 3.29. The van der Waals surface area contributed by atoms with E-state index in [-0.39, 0.29) is 5.97 Å². The molecular weight excluding hydrogens is 318 g/mol. The van der Waals surface area contributed by atoms with Crippen LogP contribution in [0.15, 0.2) is 70.6 Å². The van der Waals surface area contributed by atoms with Crippen molar-refractivity contribution in [3.05, 3.63) is 66.4 Å². The highest BCUT2D eigenvalue weighted by Gasteiger charge is 2.14. The maximum atomic E-state index is 12.3. The van der Waals surface area contributed by atoms with Gasteiger partial charge in [0.2, 0.25) is 0 Å². The average Bonchev–Trinajstić information content (AvgIpc) is 2.62. The Morgan fingerprint density at radius 1 is 1.08 bits per heavy atom.